The zero-order chi connectivity index (χ0) is 10.6. The first-order valence-electron chi connectivity index (χ1n) is 4.51. The van der Waals surface area contributed by atoms with Crippen molar-refractivity contribution in [3.05, 3.63) is 29.3 Å². The van der Waals surface area contributed by atoms with Crippen LogP contribution in [0.2, 0.25) is 0 Å². The Labute approximate surface area is 82.7 Å². The van der Waals surface area contributed by atoms with Crippen molar-refractivity contribution in [3.63, 3.8) is 0 Å². The molecule has 0 bridgehead atoms. The van der Waals surface area contributed by atoms with E-state index >= 15 is 0 Å². The second kappa shape index (κ2) is 4.74. The number of carbonyl (C=O) groups excluding carboxylic acids is 1. The molecule has 0 atom stereocenters. The molecule has 0 heterocycles. The van der Waals surface area contributed by atoms with Gasteiger partial charge in [0, 0.05) is 5.56 Å². The normalized spacial score (nSPS) is 9.93. The number of alkyl halides is 1. The summed E-state index contributed by atoms with van der Waals surface area (Å²) in [5.41, 5.74) is 1.18. The molecule has 0 spiro atoms. The van der Waals surface area contributed by atoms with E-state index in [0.29, 0.717) is 17.9 Å². The van der Waals surface area contributed by atoms with Gasteiger partial charge in [0.2, 0.25) is 0 Å². The first kappa shape index (κ1) is 10.7. The highest BCUT2D eigenvalue weighted by Crippen LogP contribution is 2.17. The van der Waals surface area contributed by atoms with Gasteiger partial charge >= 0.3 is 0 Å². The van der Waals surface area contributed by atoms with E-state index in [2.05, 4.69) is 0 Å². The van der Waals surface area contributed by atoms with Crippen LogP contribution in [0.5, 0.6) is 5.75 Å². The molecule has 1 aromatic rings. The summed E-state index contributed by atoms with van der Waals surface area (Å²) < 4.78 is 17.4. The fourth-order valence-corrected chi connectivity index (χ4v) is 1.28. The van der Waals surface area contributed by atoms with Crippen LogP contribution in [-0.2, 0) is 0 Å². The van der Waals surface area contributed by atoms with Gasteiger partial charge in [-0.1, -0.05) is 0 Å². The number of hydrogen-bond acceptors (Lipinski definition) is 2. The zero-order valence-corrected chi connectivity index (χ0v) is 8.34. The third kappa shape index (κ3) is 2.31. The van der Waals surface area contributed by atoms with Gasteiger partial charge in [-0.25, -0.2) is 4.39 Å². The van der Waals surface area contributed by atoms with Crippen LogP contribution in [0.4, 0.5) is 4.39 Å². The van der Waals surface area contributed by atoms with Gasteiger partial charge in [-0.15, -0.1) is 0 Å². The molecule has 1 aromatic carbocycles. The van der Waals surface area contributed by atoms with Gasteiger partial charge in [-0.2, -0.15) is 0 Å². The molecule has 14 heavy (non-hydrogen) atoms. The zero-order valence-electron chi connectivity index (χ0n) is 8.34. The summed E-state index contributed by atoms with van der Waals surface area (Å²) >= 11 is 0. The van der Waals surface area contributed by atoms with Gasteiger partial charge < -0.3 is 4.74 Å². The Balaban J connectivity index is 2.95. The topological polar surface area (TPSA) is 26.3 Å². The Morgan fingerprint density at radius 1 is 1.50 bits per heavy atom. The van der Waals surface area contributed by atoms with Crippen molar-refractivity contribution in [2.24, 2.45) is 0 Å². The van der Waals surface area contributed by atoms with Gasteiger partial charge in [0.05, 0.1) is 6.61 Å². The van der Waals surface area contributed by atoms with Gasteiger partial charge in [0.1, 0.15) is 5.75 Å². The minimum Gasteiger partial charge on any atom is -0.494 e. The van der Waals surface area contributed by atoms with Crippen LogP contribution in [-0.4, -0.2) is 19.1 Å². The standard InChI is InChI=1S/C11H13FO2/c1-3-14-9-4-5-10(8(2)6-9)11(13)7-12/h4-6H,3,7H2,1-2H3. The summed E-state index contributed by atoms with van der Waals surface area (Å²) in [6.45, 7) is 3.28. The summed E-state index contributed by atoms with van der Waals surface area (Å²) in [4.78, 5) is 11.1. The van der Waals surface area contributed by atoms with Crippen LogP contribution in [0.15, 0.2) is 18.2 Å². The Bertz CT molecular complexity index is 334. The quantitative estimate of drug-likeness (QED) is 0.692. The summed E-state index contributed by atoms with van der Waals surface area (Å²) in [7, 11) is 0. The molecule has 0 unspecified atom stereocenters. The largest absolute Gasteiger partial charge is 0.494 e. The first-order chi connectivity index (χ1) is 6.69. The molecule has 76 valence electrons. The van der Waals surface area contributed by atoms with E-state index in [0.717, 1.165) is 5.56 Å². The van der Waals surface area contributed by atoms with Crippen molar-refractivity contribution in [3.8, 4) is 5.75 Å². The second-order valence-corrected chi connectivity index (χ2v) is 2.97. The SMILES string of the molecule is CCOc1ccc(C(=O)CF)c(C)c1. The maximum absolute atomic E-state index is 12.1. The van der Waals surface area contributed by atoms with Crippen LogP contribution >= 0.6 is 0 Å². The number of ketones is 1. The fraction of sp³-hybridized carbons (Fsp3) is 0.364. The van der Waals surface area contributed by atoms with Gasteiger partial charge in [0.25, 0.3) is 0 Å². The molecule has 0 aliphatic carbocycles. The highest BCUT2D eigenvalue weighted by Gasteiger charge is 2.08. The minimum atomic E-state index is -0.950. The third-order valence-electron chi connectivity index (χ3n) is 1.93. The number of benzene rings is 1. The van der Waals surface area contributed by atoms with Gasteiger partial charge in [-0.3, -0.25) is 4.79 Å². The summed E-state index contributed by atoms with van der Waals surface area (Å²) in [5, 5.41) is 0. The van der Waals surface area contributed by atoms with E-state index in [1.807, 2.05) is 6.92 Å². The molecule has 0 amide bonds. The Kier molecular flexibility index (Phi) is 3.63. The number of rotatable bonds is 4. The number of aryl methyl sites for hydroxylation is 1. The monoisotopic (exact) mass is 196 g/mol. The lowest BCUT2D eigenvalue weighted by Gasteiger charge is -2.06. The Morgan fingerprint density at radius 2 is 2.21 bits per heavy atom. The smallest absolute Gasteiger partial charge is 0.194 e. The number of ether oxygens (including phenoxy) is 1. The first-order valence-corrected chi connectivity index (χ1v) is 4.51. The van der Waals surface area contributed by atoms with E-state index in [1.54, 1.807) is 25.1 Å². The Morgan fingerprint density at radius 3 is 2.71 bits per heavy atom. The lowest BCUT2D eigenvalue weighted by molar-refractivity contribution is 0.0958. The number of hydrogen-bond donors (Lipinski definition) is 0. The summed E-state index contributed by atoms with van der Waals surface area (Å²) in [5.74, 6) is 0.228. The van der Waals surface area contributed by atoms with Crippen molar-refractivity contribution in [1.82, 2.24) is 0 Å². The molecule has 3 heteroatoms. The number of carbonyl (C=O) groups is 1. The van der Waals surface area contributed by atoms with Crippen molar-refractivity contribution in [2.75, 3.05) is 13.3 Å². The minimum absolute atomic E-state index is 0.427. The van der Waals surface area contributed by atoms with Crippen molar-refractivity contribution < 1.29 is 13.9 Å². The maximum Gasteiger partial charge on any atom is 0.194 e. The van der Waals surface area contributed by atoms with Crippen LogP contribution in [0, 0.1) is 6.92 Å². The van der Waals surface area contributed by atoms with Crippen molar-refractivity contribution in [1.29, 1.82) is 0 Å². The highest BCUT2D eigenvalue weighted by atomic mass is 19.1. The molecule has 0 N–H and O–H groups in total. The second-order valence-electron chi connectivity index (χ2n) is 2.97. The van der Waals surface area contributed by atoms with E-state index in [4.69, 9.17) is 4.74 Å². The molecule has 0 saturated heterocycles. The molecule has 0 saturated carbocycles. The van der Waals surface area contributed by atoms with Gasteiger partial charge in [-0.05, 0) is 37.6 Å². The van der Waals surface area contributed by atoms with E-state index < -0.39 is 12.5 Å². The van der Waals surface area contributed by atoms with Crippen molar-refractivity contribution >= 4 is 5.78 Å². The third-order valence-corrected chi connectivity index (χ3v) is 1.93. The lowest BCUT2D eigenvalue weighted by atomic mass is 10.1. The predicted octanol–water partition coefficient (Wildman–Crippen LogP) is 2.55. The average Bonchev–Trinajstić information content (AvgIpc) is 2.17. The Hall–Kier alpha value is -1.38. The summed E-state index contributed by atoms with van der Waals surface area (Å²) in [6, 6.07) is 5.02. The number of Topliss-reactive ketones (excluding diaryl/α,β-unsaturated/α-hetero) is 1. The van der Waals surface area contributed by atoms with E-state index in [9.17, 15) is 9.18 Å². The number of halogens is 1. The fourth-order valence-electron chi connectivity index (χ4n) is 1.28. The summed E-state index contributed by atoms with van der Waals surface area (Å²) in [6.07, 6.45) is 0. The lowest BCUT2D eigenvalue weighted by Crippen LogP contribution is -2.04. The molecular weight excluding hydrogens is 183 g/mol. The molecule has 0 fully saturated rings. The van der Waals surface area contributed by atoms with Crippen LogP contribution in [0.25, 0.3) is 0 Å². The molecular formula is C11H13FO2. The predicted molar refractivity (Wildman–Crippen MR) is 52.7 cm³/mol. The van der Waals surface area contributed by atoms with Crippen LogP contribution < -0.4 is 4.74 Å². The molecule has 1 rings (SSSR count). The molecule has 2 nitrogen and oxygen atoms in total. The molecule has 0 aliphatic heterocycles. The highest BCUT2D eigenvalue weighted by molar-refractivity contribution is 5.98. The van der Waals surface area contributed by atoms with Crippen LogP contribution in [0.3, 0.4) is 0 Å². The van der Waals surface area contributed by atoms with Crippen molar-refractivity contribution in [2.45, 2.75) is 13.8 Å². The molecule has 0 radical (unpaired) electrons. The van der Waals surface area contributed by atoms with E-state index in [1.165, 1.54) is 0 Å². The van der Waals surface area contributed by atoms with E-state index in [-0.39, 0.29) is 0 Å². The maximum atomic E-state index is 12.1. The van der Waals surface area contributed by atoms with Gasteiger partial charge in [0.15, 0.2) is 12.5 Å². The molecule has 0 aromatic heterocycles. The molecule has 0 aliphatic rings. The van der Waals surface area contributed by atoms with Crippen LogP contribution in [0.1, 0.15) is 22.8 Å². The average molecular weight is 196 g/mol.